The Kier molecular flexibility index (Phi) is 6.01. The zero-order valence-electron chi connectivity index (χ0n) is 14.5. The highest BCUT2D eigenvalue weighted by Gasteiger charge is 2.29. The Morgan fingerprint density at radius 2 is 1.96 bits per heavy atom. The molecule has 0 saturated carbocycles. The number of carbonyl (C=O) groups is 1. The molecule has 1 fully saturated rings. The smallest absolute Gasteiger partial charge is 0.242 e. The molecule has 1 atom stereocenters. The molecule has 2 aliphatic heterocycles. The van der Waals surface area contributed by atoms with Crippen LogP contribution in [0.5, 0.6) is 0 Å². The van der Waals surface area contributed by atoms with Crippen LogP contribution in [0.1, 0.15) is 18.0 Å². The molecule has 5 nitrogen and oxygen atoms in total. The van der Waals surface area contributed by atoms with Crippen LogP contribution in [0.4, 0.5) is 0 Å². The standard InChI is InChI=1S/C19H28N4O/c1-22-11-13-23(14-12-22)18(17-5-3-2-4-6-17)19(24)21-15-16-7-9-20-10-8-16/h2-7,18,20H,8-15H2,1H3,(H,21,24). The van der Waals surface area contributed by atoms with Gasteiger partial charge in [-0.25, -0.2) is 0 Å². The first-order valence-corrected chi connectivity index (χ1v) is 8.88. The van der Waals surface area contributed by atoms with E-state index >= 15 is 0 Å². The summed E-state index contributed by atoms with van der Waals surface area (Å²) in [5.41, 5.74) is 2.41. The quantitative estimate of drug-likeness (QED) is 0.792. The van der Waals surface area contributed by atoms with E-state index in [1.165, 1.54) is 5.57 Å². The van der Waals surface area contributed by atoms with Crippen LogP contribution in [0.3, 0.4) is 0 Å². The summed E-state index contributed by atoms with van der Waals surface area (Å²) >= 11 is 0. The SMILES string of the molecule is CN1CCN(C(C(=O)NCC2=CCNCC2)c2ccccc2)CC1. The molecule has 3 rings (SSSR count). The molecule has 2 heterocycles. The number of amides is 1. The molecule has 1 unspecified atom stereocenters. The first kappa shape index (κ1) is 17.1. The average Bonchev–Trinajstić information content (AvgIpc) is 2.64. The number of carbonyl (C=O) groups excluding carboxylic acids is 1. The molecule has 1 amide bonds. The normalized spacial score (nSPS) is 21.1. The van der Waals surface area contributed by atoms with Gasteiger partial charge in [-0.05, 0) is 25.6 Å². The topological polar surface area (TPSA) is 47.6 Å². The van der Waals surface area contributed by atoms with E-state index < -0.39 is 0 Å². The van der Waals surface area contributed by atoms with Gasteiger partial charge >= 0.3 is 0 Å². The van der Waals surface area contributed by atoms with Crippen molar-refractivity contribution in [2.45, 2.75) is 12.5 Å². The summed E-state index contributed by atoms with van der Waals surface area (Å²) < 4.78 is 0. The average molecular weight is 328 g/mol. The van der Waals surface area contributed by atoms with Crippen molar-refractivity contribution in [3.63, 3.8) is 0 Å². The van der Waals surface area contributed by atoms with E-state index in [-0.39, 0.29) is 11.9 Å². The summed E-state index contributed by atoms with van der Waals surface area (Å²) in [6, 6.07) is 9.96. The molecule has 2 N–H and O–H groups in total. The van der Waals surface area contributed by atoms with Crippen molar-refractivity contribution in [1.29, 1.82) is 0 Å². The van der Waals surface area contributed by atoms with Crippen molar-refractivity contribution >= 4 is 5.91 Å². The molecule has 130 valence electrons. The molecule has 0 aliphatic carbocycles. The van der Waals surface area contributed by atoms with Crippen LogP contribution < -0.4 is 10.6 Å². The van der Waals surface area contributed by atoms with E-state index in [0.717, 1.165) is 51.3 Å². The second kappa shape index (κ2) is 8.42. The minimum atomic E-state index is -0.192. The third kappa shape index (κ3) is 4.44. The van der Waals surface area contributed by atoms with Crippen molar-refractivity contribution in [3.05, 3.63) is 47.5 Å². The number of piperazine rings is 1. The van der Waals surface area contributed by atoms with Gasteiger partial charge in [0.15, 0.2) is 0 Å². The minimum Gasteiger partial charge on any atom is -0.351 e. The van der Waals surface area contributed by atoms with E-state index in [2.05, 4.69) is 45.7 Å². The fraction of sp³-hybridized carbons (Fsp3) is 0.526. The second-order valence-electron chi connectivity index (χ2n) is 6.69. The Hall–Kier alpha value is -1.69. The second-order valence-corrected chi connectivity index (χ2v) is 6.69. The van der Waals surface area contributed by atoms with Gasteiger partial charge in [-0.3, -0.25) is 9.69 Å². The number of benzene rings is 1. The Morgan fingerprint density at radius 1 is 1.21 bits per heavy atom. The number of rotatable bonds is 5. The summed E-state index contributed by atoms with van der Waals surface area (Å²) in [5.74, 6) is 0.116. The van der Waals surface area contributed by atoms with Gasteiger partial charge in [-0.2, -0.15) is 0 Å². The Balaban J connectivity index is 1.69. The fourth-order valence-electron chi connectivity index (χ4n) is 3.37. The molecule has 0 bridgehead atoms. The predicted octanol–water partition coefficient (Wildman–Crippen LogP) is 1.01. The van der Waals surface area contributed by atoms with Crippen LogP contribution in [-0.4, -0.2) is 68.6 Å². The molecule has 0 spiro atoms. The zero-order valence-corrected chi connectivity index (χ0v) is 14.5. The molecular formula is C19H28N4O. The molecule has 1 aromatic rings. The van der Waals surface area contributed by atoms with Crippen molar-refractivity contribution in [2.75, 3.05) is 52.9 Å². The van der Waals surface area contributed by atoms with E-state index in [4.69, 9.17) is 0 Å². The monoisotopic (exact) mass is 328 g/mol. The summed E-state index contributed by atoms with van der Waals surface area (Å²) in [5, 5.41) is 6.47. The maximum Gasteiger partial charge on any atom is 0.242 e. The van der Waals surface area contributed by atoms with Gasteiger partial charge in [0.05, 0.1) is 0 Å². The highest BCUT2D eigenvalue weighted by molar-refractivity contribution is 5.83. The first-order chi connectivity index (χ1) is 11.7. The van der Waals surface area contributed by atoms with Gasteiger partial charge in [0.25, 0.3) is 0 Å². The van der Waals surface area contributed by atoms with Crippen LogP contribution in [0.2, 0.25) is 0 Å². The Labute approximate surface area is 144 Å². The van der Waals surface area contributed by atoms with E-state index in [1.807, 2.05) is 18.2 Å². The van der Waals surface area contributed by atoms with Crippen molar-refractivity contribution in [2.24, 2.45) is 0 Å². The van der Waals surface area contributed by atoms with Crippen molar-refractivity contribution in [1.82, 2.24) is 20.4 Å². The van der Waals surface area contributed by atoms with Gasteiger partial charge < -0.3 is 15.5 Å². The maximum atomic E-state index is 13.0. The van der Waals surface area contributed by atoms with Crippen LogP contribution in [0, 0.1) is 0 Å². The third-order valence-electron chi connectivity index (χ3n) is 4.91. The zero-order chi connectivity index (χ0) is 16.8. The first-order valence-electron chi connectivity index (χ1n) is 8.88. The van der Waals surface area contributed by atoms with Gasteiger partial charge in [-0.1, -0.05) is 42.0 Å². The number of hydrogen-bond donors (Lipinski definition) is 2. The lowest BCUT2D eigenvalue weighted by molar-refractivity contribution is -0.127. The number of nitrogens with zero attached hydrogens (tertiary/aromatic N) is 2. The van der Waals surface area contributed by atoms with Crippen LogP contribution in [-0.2, 0) is 4.79 Å². The molecule has 5 heteroatoms. The lowest BCUT2D eigenvalue weighted by atomic mass is 10.0. The van der Waals surface area contributed by atoms with Crippen molar-refractivity contribution in [3.8, 4) is 0 Å². The van der Waals surface area contributed by atoms with Gasteiger partial charge in [0.2, 0.25) is 5.91 Å². The fourth-order valence-corrected chi connectivity index (χ4v) is 3.37. The van der Waals surface area contributed by atoms with Crippen molar-refractivity contribution < 1.29 is 4.79 Å². The molecule has 0 aromatic heterocycles. The number of nitrogens with one attached hydrogen (secondary N) is 2. The summed E-state index contributed by atoms with van der Waals surface area (Å²) in [4.78, 5) is 17.6. The Morgan fingerprint density at radius 3 is 2.62 bits per heavy atom. The number of likely N-dealkylation sites (N-methyl/N-ethyl adjacent to an activating group) is 1. The maximum absolute atomic E-state index is 13.0. The molecule has 24 heavy (non-hydrogen) atoms. The molecule has 1 saturated heterocycles. The van der Waals surface area contributed by atoms with E-state index in [9.17, 15) is 4.79 Å². The minimum absolute atomic E-state index is 0.116. The van der Waals surface area contributed by atoms with Gasteiger partial charge in [-0.15, -0.1) is 0 Å². The van der Waals surface area contributed by atoms with E-state index in [1.54, 1.807) is 0 Å². The lowest BCUT2D eigenvalue weighted by Crippen LogP contribution is -2.50. The van der Waals surface area contributed by atoms with Gasteiger partial charge in [0, 0.05) is 39.3 Å². The third-order valence-corrected chi connectivity index (χ3v) is 4.91. The summed E-state index contributed by atoms with van der Waals surface area (Å²) in [7, 11) is 2.14. The lowest BCUT2D eigenvalue weighted by Gasteiger charge is -2.37. The predicted molar refractivity (Wildman–Crippen MR) is 96.8 cm³/mol. The van der Waals surface area contributed by atoms with Crippen LogP contribution in [0.25, 0.3) is 0 Å². The molecular weight excluding hydrogens is 300 g/mol. The number of hydrogen-bond acceptors (Lipinski definition) is 4. The summed E-state index contributed by atoms with van der Waals surface area (Å²) in [6.07, 6.45) is 3.21. The highest BCUT2D eigenvalue weighted by Crippen LogP contribution is 2.22. The highest BCUT2D eigenvalue weighted by atomic mass is 16.2. The molecule has 2 aliphatic rings. The summed E-state index contributed by atoms with van der Waals surface area (Å²) in [6.45, 7) is 6.44. The van der Waals surface area contributed by atoms with Crippen LogP contribution >= 0.6 is 0 Å². The molecule has 1 aromatic carbocycles. The van der Waals surface area contributed by atoms with Gasteiger partial charge in [0.1, 0.15) is 6.04 Å². The Bertz CT molecular complexity index is 564. The molecule has 0 radical (unpaired) electrons. The largest absolute Gasteiger partial charge is 0.351 e. The van der Waals surface area contributed by atoms with E-state index in [0.29, 0.717) is 6.54 Å². The van der Waals surface area contributed by atoms with Crippen LogP contribution in [0.15, 0.2) is 42.0 Å².